The Balaban J connectivity index is 4.42. The molecule has 0 aromatic heterocycles. The van der Waals surface area contributed by atoms with Gasteiger partial charge in [-0.25, -0.2) is 0 Å². The second-order valence-corrected chi connectivity index (χ2v) is 3.22. The zero-order valence-corrected chi connectivity index (χ0v) is 7.37. The molecule has 0 aromatic carbocycles. The van der Waals surface area contributed by atoms with Crippen LogP contribution in [0.1, 0.15) is 27.7 Å². The highest BCUT2D eigenvalue weighted by molar-refractivity contribution is 4.67. The Kier molecular flexibility index (Phi) is 3.10. The highest BCUT2D eigenvalue weighted by atomic mass is 16.6. The minimum absolute atomic E-state index is 0.0833. The first kappa shape index (κ1) is 10.0. The predicted octanol–water partition coefficient (Wildman–Crippen LogP) is 1.48. The van der Waals surface area contributed by atoms with Crippen LogP contribution in [0.15, 0.2) is 5.28 Å². The Morgan fingerprint density at radius 2 is 1.91 bits per heavy atom. The lowest BCUT2D eigenvalue weighted by molar-refractivity contribution is -0.705. The summed E-state index contributed by atoms with van der Waals surface area (Å²) < 4.78 is 0. The molecule has 0 fully saturated rings. The summed E-state index contributed by atoms with van der Waals surface area (Å²) in [6.07, 6.45) is 0. The van der Waals surface area contributed by atoms with Gasteiger partial charge in [-0.05, 0) is 33.0 Å². The molecule has 5 heteroatoms. The van der Waals surface area contributed by atoms with Crippen molar-refractivity contribution in [3.05, 3.63) is 10.4 Å². The largest absolute Gasteiger partial charge is 0.737 e. The minimum Gasteiger partial charge on any atom is -0.737 e. The average molecular weight is 160 g/mol. The van der Waals surface area contributed by atoms with Gasteiger partial charge in [0, 0.05) is 4.97 Å². The Morgan fingerprint density at radius 3 is 2.00 bits per heavy atom. The molecule has 0 aliphatic heterocycles. The van der Waals surface area contributed by atoms with Crippen molar-refractivity contribution in [1.29, 1.82) is 0 Å². The first-order valence-electron chi connectivity index (χ1n) is 3.51. The molecule has 0 atom stereocenters. The molecule has 0 spiro atoms. The smallest absolute Gasteiger partial charge is 0.0899 e. The van der Waals surface area contributed by atoms with Gasteiger partial charge in [0.05, 0.1) is 12.1 Å². The molecule has 11 heavy (non-hydrogen) atoms. The van der Waals surface area contributed by atoms with Crippen LogP contribution in [0.2, 0.25) is 0 Å². The minimum atomic E-state index is -0.357. The number of hydrogen-bond acceptors (Lipinski definition) is 3. The summed E-state index contributed by atoms with van der Waals surface area (Å²) in [6, 6.07) is 0. The number of hydrogen-bond donors (Lipinski definition) is 0. The standard InChI is InChI=1S/C6H15N3O2/c1-5-8(6(2,3)4)9(11)7-10/h10H,5H2,1-4H3/p-1/b9-7+. The third kappa shape index (κ3) is 2.61. The number of hydrazine groups is 1. The molecule has 0 radical (unpaired) electrons. The van der Waals surface area contributed by atoms with Crippen LogP contribution in [0.5, 0.6) is 0 Å². The Labute approximate surface area is 66.4 Å². The van der Waals surface area contributed by atoms with E-state index in [4.69, 9.17) is 0 Å². The van der Waals surface area contributed by atoms with Crippen LogP contribution in [-0.4, -0.2) is 22.1 Å². The second-order valence-electron chi connectivity index (χ2n) is 3.22. The molecular formula is C6H14N3O2-. The van der Waals surface area contributed by atoms with Crippen molar-refractivity contribution >= 4 is 0 Å². The normalized spacial score (nSPS) is 13.3. The molecule has 0 unspecified atom stereocenters. The van der Waals surface area contributed by atoms with Crippen molar-refractivity contribution < 1.29 is 4.97 Å². The maximum absolute atomic E-state index is 10.8. The highest BCUT2D eigenvalue weighted by Crippen LogP contribution is 2.12. The van der Waals surface area contributed by atoms with Crippen molar-refractivity contribution in [3.63, 3.8) is 0 Å². The van der Waals surface area contributed by atoms with E-state index in [9.17, 15) is 10.4 Å². The van der Waals surface area contributed by atoms with Crippen molar-refractivity contribution in [2.24, 2.45) is 5.28 Å². The van der Waals surface area contributed by atoms with E-state index in [1.54, 1.807) is 6.92 Å². The summed E-state index contributed by atoms with van der Waals surface area (Å²) in [5.41, 5.74) is -0.357. The van der Waals surface area contributed by atoms with Crippen LogP contribution in [0.25, 0.3) is 0 Å². The molecule has 0 amide bonds. The van der Waals surface area contributed by atoms with Crippen molar-refractivity contribution in [1.82, 2.24) is 5.01 Å². The van der Waals surface area contributed by atoms with E-state index in [2.05, 4.69) is 5.28 Å². The molecule has 0 saturated heterocycles. The van der Waals surface area contributed by atoms with Gasteiger partial charge in [-0.15, -0.1) is 5.01 Å². The van der Waals surface area contributed by atoms with Crippen LogP contribution in [0.4, 0.5) is 0 Å². The van der Waals surface area contributed by atoms with Gasteiger partial charge >= 0.3 is 0 Å². The molecule has 0 heterocycles. The van der Waals surface area contributed by atoms with Crippen LogP contribution in [-0.2, 0) is 0 Å². The van der Waals surface area contributed by atoms with Gasteiger partial charge in [0.1, 0.15) is 0 Å². The molecule has 0 aromatic rings. The molecule has 5 nitrogen and oxygen atoms in total. The van der Waals surface area contributed by atoms with E-state index in [1.807, 2.05) is 20.8 Å². The van der Waals surface area contributed by atoms with Gasteiger partial charge in [0.15, 0.2) is 0 Å². The fourth-order valence-corrected chi connectivity index (χ4v) is 0.896. The molecule has 0 N–H and O–H groups in total. The summed E-state index contributed by atoms with van der Waals surface area (Å²) in [5, 5.41) is 24.2. The Bertz CT molecular complexity index is 150. The summed E-state index contributed by atoms with van der Waals surface area (Å²) in [6.45, 7) is 7.78. The van der Waals surface area contributed by atoms with Crippen LogP contribution in [0, 0.1) is 10.4 Å². The van der Waals surface area contributed by atoms with Gasteiger partial charge < -0.3 is 10.4 Å². The van der Waals surface area contributed by atoms with E-state index in [1.165, 1.54) is 5.01 Å². The second kappa shape index (κ2) is 3.41. The van der Waals surface area contributed by atoms with E-state index in [0.29, 0.717) is 6.54 Å². The maximum atomic E-state index is 10.8. The van der Waals surface area contributed by atoms with Gasteiger partial charge in [0.25, 0.3) is 0 Å². The van der Waals surface area contributed by atoms with E-state index >= 15 is 0 Å². The molecule has 0 rings (SSSR count). The van der Waals surface area contributed by atoms with Gasteiger partial charge in [-0.2, -0.15) is 0 Å². The summed E-state index contributed by atoms with van der Waals surface area (Å²) >= 11 is 0. The summed E-state index contributed by atoms with van der Waals surface area (Å²) in [5.74, 6) is 0. The number of nitrogens with zero attached hydrogens (tertiary/aromatic N) is 3. The first-order valence-corrected chi connectivity index (χ1v) is 3.51. The van der Waals surface area contributed by atoms with Crippen molar-refractivity contribution in [2.75, 3.05) is 6.54 Å². The lowest BCUT2D eigenvalue weighted by atomic mass is 10.1. The third-order valence-electron chi connectivity index (χ3n) is 1.35. The summed E-state index contributed by atoms with van der Waals surface area (Å²) in [4.78, 5) is 0.0833. The Morgan fingerprint density at radius 1 is 1.45 bits per heavy atom. The number of rotatable bonds is 2. The fourth-order valence-electron chi connectivity index (χ4n) is 0.896. The maximum Gasteiger partial charge on any atom is 0.0899 e. The van der Waals surface area contributed by atoms with Gasteiger partial charge in [0.2, 0.25) is 0 Å². The van der Waals surface area contributed by atoms with Crippen LogP contribution in [0.3, 0.4) is 0 Å². The molecule has 0 aliphatic rings. The monoisotopic (exact) mass is 160 g/mol. The van der Waals surface area contributed by atoms with E-state index in [0.717, 1.165) is 0 Å². The Hall–Kier alpha value is -1.00. The van der Waals surface area contributed by atoms with Gasteiger partial charge in [-0.3, -0.25) is 0 Å². The lowest BCUT2D eigenvalue weighted by Gasteiger charge is -2.30. The lowest BCUT2D eigenvalue weighted by Crippen LogP contribution is -2.45. The molecule has 66 valence electrons. The highest BCUT2D eigenvalue weighted by Gasteiger charge is 2.25. The topological polar surface area (TPSA) is 64.7 Å². The van der Waals surface area contributed by atoms with Crippen LogP contribution >= 0.6 is 0 Å². The first-order chi connectivity index (χ1) is 4.93. The van der Waals surface area contributed by atoms with Crippen LogP contribution < -0.4 is 0 Å². The quantitative estimate of drug-likeness (QED) is 0.349. The third-order valence-corrected chi connectivity index (χ3v) is 1.35. The molecule has 0 aliphatic carbocycles. The zero-order valence-electron chi connectivity index (χ0n) is 7.37. The van der Waals surface area contributed by atoms with E-state index < -0.39 is 0 Å². The molecule has 0 saturated carbocycles. The van der Waals surface area contributed by atoms with Gasteiger partial charge in [-0.1, -0.05) is 0 Å². The average Bonchev–Trinajstić information content (AvgIpc) is 1.86. The zero-order chi connectivity index (χ0) is 9.07. The van der Waals surface area contributed by atoms with E-state index in [-0.39, 0.29) is 10.5 Å². The summed E-state index contributed by atoms with van der Waals surface area (Å²) in [7, 11) is 0. The van der Waals surface area contributed by atoms with Crippen molar-refractivity contribution in [3.8, 4) is 0 Å². The molecule has 0 bridgehead atoms. The predicted molar refractivity (Wildman–Crippen MR) is 41.6 cm³/mol. The SMILES string of the molecule is CCN(/[N+]([O-])=N\[O-])C(C)(C)C. The van der Waals surface area contributed by atoms with Crippen molar-refractivity contribution in [2.45, 2.75) is 33.2 Å². The fraction of sp³-hybridized carbons (Fsp3) is 1.00. The molecular weight excluding hydrogens is 146 g/mol.